The Hall–Kier alpha value is -2.63. The number of ether oxygens (including phenoxy) is 1. The zero-order valence-corrected chi connectivity index (χ0v) is 21.1. The van der Waals surface area contributed by atoms with E-state index in [4.69, 9.17) is 19.8 Å². The summed E-state index contributed by atoms with van der Waals surface area (Å²) in [5.74, 6) is -0.0509. The van der Waals surface area contributed by atoms with Crippen LogP contribution < -0.4 is 5.32 Å². The molecule has 2 aromatic heterocycles. The standard InChI is InChI=1S/C25H30F2N6O2S/c1-4-9-36-25-29-23(28-19-11-16(19)15-5-6-17(26)18(27)10-15)22-24(30-25)33(32-31-22)20-12-21(35-8-7-34)14(3)13(20)2/h5-6,10,14,16,19-21,34H,2,4,7-9,11-12H2,1,3H3,(H,28,29,30)/t14?,16-,19+,20+,21-/m0/s1. The van der Waals surface area contributed by atoms with Crippen molar-refractivity contribution < 1.29 is 18.6 Å². The Kier molecular flexibility index (Phi) is 7.23. The van der Waals surface area contributed by atoms with E-state index in [0.717, 1.165) is 29.7 Å². The predicted octanol–water partition coefficient (Wildman–Crippen LogP) is 4.48. The number of thioether (sulfide) groups is 1. The number of nitrogens with one attached hydrogen (secondary N) is 1. The van der Waals surface area contributed by atoms with Crippen molar-refractivity contribution in [3.8, 4) is 0 Å². The van der Waals surface area contributed by atoms with Crippen LogP contribution in [0.15, 0.2) is 35.5 Å². The number of aliphatic hydroxyl groups excluding tert-OH is 1. The molecular formula is C25H30F2N6O2S. The highest BCUT2D eigenvalue weighted by atomic mass is 32.2. The summed E-state index contributed by atoms with van der Waals surface area (Å²) >= 11 is 1.57. The summed E-state index contributed by atoms with van der Waals surface area (Å²) in [6.45, 7) is 8.72. The lowest BCUT2D eigenvalue weighted by atomic mass is 10.0. The van der Waals surface area contributed by atoms with Crippen molar-refractivity contribution >= 4 is 28.7 Å². The lowest BCUT2D eigenvalue weighted by Gasteiger charge is -2.15. The minimum absolute atomic E-state index is 0.0277. The Morgan fingerprint density at radius 1 is 1.25 bits per heavy atom. The molecule has 0 saturated heterocycles. The third-order valence-corrected chi connectivity index (χ3v) is 8.02. The van der Waals surface area contributed by atoms with Gasteiger partial charge < -0.3 is 15.2 Å². The highest BCUT2D eigenvalue weighted by Gasteiger charge is 2.41. The predicted molar refractivity (Wildman–Crippen MR) is 134 cm³/mol. The van der Waals surface area contributed by atoms with Gasteiger partial charge in [0.15, 0.2) is 33.8 Å². The summed E-state index contributed by atoms with van der Waals surface area (Å²) in [5.41, 5.74) is 2.93. The number of hydrogen-bond acceptors (Lipinski definition) is 8. The number of benzene rings is 1. The van der Waals surface area contributed by atoms with Gasteiger partial charge >= 0.3 is 0 Å². The second-order valence-electron chi connectivity index (χ2n) is 9.42. The van der Waals surface area contributed by atoms with Crippen LogP contribution in [0.4, 0.5) is 14.6 Å². The second kappa shape index (κ2) is 10.4. The fourth-order valence-corrected chi connectivity index (χ4v) is 5.50. The number of halogens is 2. The summed E-state index contributed by atoms with van der Waals surface area (Å²) in [4.78, 5) is 9.51. The third-order valence-electron chi connectivity index (χ3n) is 6.97. The van der Waals surface area contributed by atoms with Gasteiger partial charge in [0.25, 0.3) is 0 Å². The molecule has 5 rings (SSSR count). The Bertz CT molecular complexity index is 1270. The van der Waals surface area contributed by atoms with Gasteiger partial charge in [-0.3, -0.25) is 0 Å². The van der Waals surface area contributed by atoms with Crippen LogP contribution in [0.2, 0.25) is 0 Å². The number of aromatic nitrogens is 5. The third kappa shape index (κ3) is 4.83. The lowest BCUT2D eigenvalue weighted by Crippen LogP contribution is -2.18. The van der Waals surface area contributed by atoms with Crippen molar-refractivity contribution in [3.05, 3.63) is 47.5 Å². The van der Waals surface area contributed by atoms with E-state index in [1.807, 2.05) is 0 Å². The van der Waals surface area contributed by atoms with Gasteiger partial charge in [0, 0.05) is 30.1 Å². The molecule has 36 heavy (non-hydrogen) atoms. The van der Waals surface area contributed by atoms with Crippen molar-refractivity contribution in [1.82, 2.24) is 25.0 Å². The van der Waals surface area contributed by atoms with Gasteiger partial charge in [0.2, 0.25) is 0 Å². The van der Waals surface area contributed by atoms with Crippen LogP contribution in [0, 0.1) is 17.6 Å². The van der Waals surface area contributed by atoms with E-state index in [0.29, 0.717) is 28.6 Å². The van der Waals surface area contributed by atoms with Crippen LogP contribution in [0.3, 0.4) is 0 Å². The maximum Gasteiger partial charge on any atom is 0.191 e. The van der Waals surface area contributed by atoms with E-state index in [2.05, 4.69) is 36.1 Å². The van der Waals surface area contributed by atoms with Gasteiger partial charge in [-0.25, -0.2) is 23.4 Å². The molecule has 0 bridgehead atoms. The largest absolute Gasteiger partial charge is 0.394 e. The Balaban J connectivity index is 1.43. The topological polar surface area (TPSA) is 98.0 Å². The van der Waals surface area contributed by atoms with Crippen molar-refractivity contribution in [2.45, 2.75) is 62.4 Å². The first-order valence-electron chi connectivity index (χ1n) is 12.3. The van der Waals surface area contributed by atoms with Crippen LogP contribution in [-0.4, -0.2) is 61.2 Å². The van der Waals surface area contributed by atoms with Crippen LogP contribution in [0.5, 0.6) is 0 Å². The zero-order valence-electron chi connectivity index (χ0n) is 20.3. The summed E-state index contributed by atoms with van der Waals surface area (Å²) in [6.07, 6.45) is 2.37. The molecule has 3 aromatic rings. The molecule has 8 nitrogen and oxygen atoms in total. The Labute approximate surface area is 212 Å². The van der Waals surface area contributed by atoms with E-state index in [1.54, 1.807) is 22.5 Å². The van der Waals surface area contributed by atoms with E-state index >= 15 is 0 Å². The first kappa shape index (κ1) is 25.0. The molecule has 0 spiro atoms. The molecule has 11 heteroatoms. The number of fused-ring (bicyclic) bond motifs is 1. The molecule has 2 heterocycles. The highest BCUT2D eigenvalue weighted by molar-refractivity contribution is 7.99. The molecular weight excluding hydrogens is 486 g/mol. The first-order valence-corrected chi connectivity index (χ1v) is 13.3. The first-order chi connectivity index (χ1) is 17.4. The molecule has 1 aromatic carbocycles. The molecule has 0 amide bonds. The molecule has 0 aliphatic heterocycles. The smallest absolute Gasteiger partial charge is 0.191 e. The van der Waals surface area contributed by atoms with E-state index in [1.165, 1.54) is 12.1 Å². The summed E-state index contributed by atoms with van der Waals surface area (Å²) in [5, 5.41) is 22.1. The highest BCUT2D eigenvalue weighted by Crippen LogP contribution is 2.45. The maximum absolute atomic E-state index is 13.7. The summed E-state index contributed by atoms with van der Waals surface area (Å²) in [6, 6.07) is 3.96. The van der Waals surface area contributed by atoms with Crippen LogP contribution in [0.1, 0.15) is 50.6 Å². The van der Waals surface area contributed by atoms with E-state index in [-0.39, 0.29) is 43.2 Å². The van der Waals surface area contributed by atoms with Crippen LogP contribution in [-0.2, 0) is 4.74 Å². The van der Waals surface area contributed by atoms with Crippen LogP contribution in [0.25, 0.3) is 11.2 Å². The lowest BCUT2D eigenvalue weighted by molar-refractivity contribution is 0.0135. The van der Waals surface area contributed by atoms with Crippen LogP contribution >= 0.6 is 11.8 Å². The monoisotopic (exact) mass is 516 g/mol. The number of rotatable bonds is 10. The average Bonchev–Trinajstić information content (AvgIpc) is 3.41. The molecule has 2 aliphatic rings. The zero-order chi connectivity index (χ0) is 25.4. The van der Waals surface area contributed by atoms with Gasteiger partial charge in [0.05, 0.1) is 25.4 Å². The van der Waals surface area contributed by atoms with E-state index in [9.17, 15) is 8.78 Å². The quantitative estimate of drug-likeness (QED) is 0.231. The van der Waals surface area contributed by atoms with Gasteiger partial charge in [-0.1, -0.05) is 43.5 Å². The maximum atomic E-state index is 13.7. The SMILES string of the molecule is C=C1C(C)[C@@H](OCCO)C[C@H]1n1nnc2c(N[C@@H]3C[C@H]3c3ccc(F)c(F)c3)nc(SCCC)nc21. The number of hydrogen-bond donors (Lipinski definition) is 2. The number of anilines is 1. The fourth-order valence-electron chi connectivity index (χ4n) is 4.81. The van der Waals surface area contributed by atoms with Gasteiger partial charge in [0.1, 0.15) is 0 Å². The summed E-state index contributed by atoms with van der Waals surface area (Å²) < 4.78 is 34.7. The minimum atomic E-state index is -0.845. The number of nitrogens with zero attached hydrogens (tertiary/aromatic N) is 5. The van der Waals surface area contributed by atoms with Crippen molar-refractivity contribution in [3.63, 3.8) is 0 Å². The molecule has 2 N–H and O–H groups in total. The molecule has 2 fully saturated rings. The summed E-state index contributed by atoms with van der Waals surface area (Å²) in [7, 11) is 0. The number of aliphatic hydroxyl groups is 1. The van der Waals surface area contributed by atoms with Crippen molar-refractivity contribution in [2.24, 2.45) is 5.92 Å². The Morgan fingerprint density at radius 3 is 2.83 bits per heavy atom. The van der Waals surface area contributed by atoms with Crippen molar-refractivity contribution in [2.75, 3.05) is 24.3 Å². The van der Waals surface area contributed by atoms with Crippen molar-refractivity contribution in [1.29, 1.82) is 0 Å². The Morgan fingerprint density at radius 2 is 2.08 bits per heavy atom. The molecule has 1 unspecified atom stereocenters. The second-order valence-corrected chi connectivity index (χ2v) is 10.5. The van der Waals surface area contributed by atoms with Gasteiger partial charge in [-0.2, -0.15) is 0 Å². The fraction of sp³-hybridized carbons (Fsp3) is 0.520. The van der Waals surface area contributed by atoms with Gasteiger partial charge in [-0.05, 0) is 36.1 Å². The molecule has 2 aliphatic carbocycles. The molecule has 0 radical (unpaired) electrons. The minimum Gasteiger partial charge on any atom is -0.394 e. The van der Waals surface area contributed by atoms with E-state index < -0.39 is 11.6 Å². The molecule has 2 saturated carbocycles. The molecule has 192 valence electrons. The van der Waals surface area contributed by atoms with Gasteiger partial charge in [-0.15, -0.1) is 5.10 Å². The average molecular weight is 517 g/mol. The normalized spacial score (nSPS) is 25.6. The molecule has 5 atom stereocenters.